The van der Waals surface area contributed by atoms with Crippen molar-refractivity contribution in [3.05, 3.63) is 18.0 Å². The van der Waals surface area contributed by atoms with Crippen LogP contribution in [-0.4, -0.2) is 15.8 Å². The van der Waals surface area contributed by atoms with E-state index in [0.717, 1.165) is 12.8 Å². The number of nitrogens with zero attached hydrogens (tertiary/aromatic N) is 2. The zero-order chi connectivity index (χ0) is 10.6. The van der Waals surface area contributed by atoms with Gasteiger partial charge in [-0.15, -0.1) is 0 Å². The van der Waals surface area contributed by atoms with Gasteiger partial charge in [-0.3, -0.25) is 4.68 Å². The average Bonchev–Trinajstić information content (AvgIpc) is 2.60. The van der Waals surface area contributed by atoms with Crippen molar-refractivity contribution in [3.8, 4) is 0 Å². The third-order valence-electron chi connectivity index (χ3n) is 2.63. The molecule has 1 aromatic rings. The van der Waals surface area contributed by atoms with Gasteiger partial charge in [0.25, 0.3) is 0 Å². The number of rotatable bonds is 5. The number of hydrogen-bond acceptors (Lipinski definition) is 2. The highest BCUT2D eigenvalue weighted by Gasteiger charge is 2.12. The topological polar surface area (TPSA) is 29.9 Å². The van der Waals surface area contributed by atoms with E-state index < -0.39 is 0 Å². The maximum Gasteiger partial charge on any atom is 0.0537 e. The summed E-state index contributed by atoms with van der Waals surface area (Å²) in [5.41, 5.74) is 1.29. The van der Waals surface area contributed by atoms with Crippen LogP contribution in [-0.2, 0) is 7.05 Å². The van der Waals surface area contributed by atoms with Gasteiger partial charge in [0.1, 0.15) is 0 Å². The number of aryl methyl sites for hydroxylation is 1. The number of aromatic nitrogens is 2. The first-order valence-corrected chi connectivity index (χ1v) is 5.42. The SMILES string of the molecule is CCC(C)NC(CC)c1cnn(C)c1. The molecule has 1 N–H and O–H groups in total. The lowest BCUT2D eigenvalue weighted by atomic mass is 10.1. The Balaban J connectivity index is 2.62. The molecule has 1 aromatic heterocycles. The standard InChI is InChI=1S/C11H21N3/c1-5-9(3)13-11(6-2)10-7-12-14(4)8-10/h7-9,11,13H,5-6H2,1-4H3. The molecule has 0 spiro atoms. The molecule has 0 fully saturated rings. The van der Waals surface area contributed by atoms with E-state index in [1.54, 1.807) is 0 Å². The van der Waals surface area contributed by atoms with Crippen LogP contribution >= 0.6 is 0 Å². The van der Waals surface area contributed by atoms with Crippen LogP contribution < -0.4 is 5.32 Å². The molecule has 2 atom stereocenters. The van der Waals surface area contributed by atoms with Crippen molar-refractivity contribution in [2.45, 2.75) is 45.7 Å². The number of hydrogen-bond donors (Lipinski definition) is 1. The molecular formula is C11H21N3. The Hall–Kier alpha value is -0.830. The Labute approximate surface area is 86.5 Å². The summed E-state index contributed by atoms with van der Waals surface area (Å²) in [6.07, 6.45) is 6.31. The third-order valence-corrected chi connectivity index (χ3v) is 2.63. The third kappa shape index (κ3) is 2.84. The van der Waals surface area contributed by atoms with Gasteiger partial charge in [-0.2, -0.15) is 5.10 Å². The molecule has 0 saturated heterocycles. The monoisotopic (exact) mass is 195 g/mol. The van der Waals surface area contributed by atoms with Crippen molar-refractivity contribution in [2.75, 3.05) is 0 Å². The quantitative estimate of drug-likeness (QED) is 0.781. The molecule has 0 aromatic carbocycles. The average molecular weight is 195 g/mol. The highest BCUT2D eigenvalue weighted by atomic mass is 15.2. The highest BCUT2D eigenvalue weighted by Crippen LogP contribution is 2.16. The first-order valence-electron chi connectivity index (χ1n) is 5.42. The first-order chi connectivity index (χ1) is 6.67. The molecule has 0 aliphatic rings. The lowest BCUT2D eigenvalue weighted by molar-refractivity contribution is 0.437. The van der Waals surface area contributed by atoms with Crippen molar-refractivity contribution >= 4 is 0 Å². The Morgan fingerprint density at radius 1 is 1.43 bits per heavy atom. The fourth-order valence-electron chi connectivity index (χ4n) is 1.53. The van der Waals surface area contributed by atoms with E-state index in [1.807, 2.05) is 17.9 Å². The van der Waals surface area contributed by atoms with Crippen molar-refractivity contribution in [3.63, 3.8) is 0 Å². The van der Waals surface area contributed by atoms with Gasteiger partial charge in [0.05, 0.1) is 6.20 Å². The van der Waals surface area contributed by atoms with Crippen LogP contribution in [0.2, 0.25) is 0 Å². The summed E-state index contributed by atoms with van der Waals surface area (Å²) >= 11 is 0. The van der Waals surface area contributed by atoms with Crippen molar-refractivity contribution in [1.82, 2.24) is 15.1 Å². The lowest BCUT2D eigenvalue weighted by Crippen LogP contribution is -2.29. The summed E-state index contributed by atoms with van der Waals surface area (Å²) < 4.78 is 1.86. The Morgan fingerprint density at radius 2 is 2.14 bits per heavy atom. The minimum Gasteiger partial charge on any atom is -0.307 e. The van der Waals surface area contributed by atoms with Crippen LogP contribution in [0.25, 0.3) is 0 Å². The molecule has 2 unspecified atom stereocenters. The minimum absolute atomic E-state index is 0.443. The van der Waals surface area contributed by atoms with Crippen LogP contribution in [0.15, 0.2) is 12.4 Å². The maximum atomic E-state index is 4.20. The summed E-state index contributed by atoms with van der Waals surface area (Å²) in [5, 5.41) is 7.79. The van der Waals surface area contributed by atoms with Crippen LogP contribution in [0.3, 0.4) is 0 Å². The van der Waals surface area contributed by atoms with Gasteiger partial charge >= 0.3 is 0 Å². The fourth-order valence-corrected chi connectivity index (χ4v) is 1.53. The second-order valence-electron chi connectivity index (χ2n) is 3.88. The van der Waals surface area contributed by atoms with Crippen LogP contribution in [0.5, 0.6) is 0 Å². The summed E-state index contributed by atoms with van der Waals surface area (Å²) in [7, 11) is 1.96. The Morgan fingerprint density at radius 3 is 2.57 bits per heavy atom. The van der Waals surface area contributed by atoms with E-state index in [2.05, 4.69) is 37.4 Å². The maximum absolute atomic E-state index is 4.20. The molecule has 0 aliphatic heterocycles. The molecule has 80 valence electrons. The summed E-state index contributed by atoms with van der Waals surface area (Å²) in [6.45, 7) is 6.62. The molecule has 0 radical (unpaired) electrons. The molecule has 0 aliphatic carbocycles. The summed E-state index contributed by atoms with van der Waals surface area (Å²) in [6, 6.07) is 1.01. The zero-order valence-electron chi connectivity index (χ0n) is 9.62. The normalized spacial score (nSPS) is 15.4. The van der Waals surface area contributed by atoms with Gasteiger partial charge < -0.3 is 5.32 Å². The Kier molecular flexibility index (Phi) is 4.14. The molecule has 1 rings (SSSR count). The first kappa shape index (κ1) is 11.2. The summed E-state index contributed by atoms with van der Waals surface area (Å²) in [5.74, 6) is 0. The molecule has 0 amide bonds. The van der Waals surface area contributed by atoms with Gasteiger partial charge in [0.15, 0.2) is 0 Å². The van der Waals surface area contributed by atoms with E-state index in [0.29, 0.717) is 12.1 Å². The van der Waals surface area contributed by atoms with E-state index in [9.17, 15) is 0 Å². The predicted molar refractivity (Wildman–Crippen MR) is 59.1 cm³/mol. The van der Waals surface area contributed by atoms with Crippen molar-refractivity contribution in [1.29, 1.82) is 0 Å². The van der Waals surface area contributed by atoms with Crippen molar-refractivity contribution in [2.24, 2.45) is 7.05 Å². The van der Waals surface area contributed by atoms with Crippen LogP contribution in [0.4, 0.5) is 0 Å². The highest BCUT2D eigenvalue weighted by molar-refractivity contribution is 5.10. The van der Waals surface area contributed by atoms with Crippen LogP contribution in [0, 0.1) is 0 Å². The van der Waals surface area contributed by atoms with Gasteiger partial charge in [0, 0.05) is 30.9 Å². The Bertz CT molecular complexity index is 267. The minimum atomic E-state index is 0.443. The lowest BCUT2D eigenvalue weighted by Gasteiger charge is -2.20. The van der Waals surface area contributed by atoms with E-state index in [1.165, 1.54) is 5.56 Å². The van der Waals surface area contributed by atoms with Gasteiger partial charge in [-0.1, -0.05) is 13.8 Å². The van der Waals surface area contributed by atoms with E-state index in [4.69, 9.17) is 0 Å². The van der Waals surface area contributed by atoms with E-state index in [-0.39, 0.29) is 0 Å². The van der Waals surface area contributed by atoms with E-state index >= 15 is 0 Å². The summed E-state index contributed by atoms with van der Waals surface area (Å²) in [4.78, 5) is 0. The van der Waals surface area contributed by atoms with Gasteiger partial charge in [0.2, 0.25) is 0 Å². The largest absolute Gasteiger partial charge is 0.307 e. The molecule has 3 nitrogen and oxygen atoms in total. The molecule has 0 bridgehead atoms. The van der Waals surface area contributed by atoms with Crippen LogP contribution in [0.1, 0.15) is 45.2 Å². The molecule has 0 saturated carbocycles. The molecule has 1 heterocycles. The predicted octanol–water partition coefficient (Wildman–Crippen LogP) is 2.26. The van der Waals surface area contributed by atoms with Gasteiger partial charge in [-0.05, 0) is 19.8 Å². The smallest absolute Gasteiger partial charge is 0.0537 e. The number of nitrogens with one attached hydrogen (secondary N) is 1. The fraction of sp³-hybridized carbons (Fsp3) is 0.727. The molecule has 14 heavy (non-hydrogen) atoms. The zero-order valence-corrected chi connectivity index (χ0v) is 9.62. The molecule has 3 heteroatoms. The second-order valence-corrected chi connectivity index (χ2v) is 3.88. The molecular weight excluding hydrogens is 174 g/mol. The second kappa shape index (κ2) is 5.15. The van der Waals surface area contributed by atoms with Crippen molar-refractivity contribution < 1.29 is 0 Å². The van der Waals surface area contributed by atoms with Gasteiger partial charge in [-0.25, -0.2) is 0 Å².